The summed E-state index contributed by atoms with van der Waals surface area (Å²) in [5.41, 5.74) is 2.48. The lowest BCUT2D eigenvalue weighted by Crippen LogP contribution is -2.05. The molecule has 1 aromatic heterocycles. The summed E-state index contributed by atoms with van der Waals surface area (Å²) < 4.78 is 1.17. The second-order valence-electron chi connectivity index (χ2n) is 5.39. The van der Waals surface area contributed by atoms with Crippen LogP contribution in [0.1, 0.15) is 39.1 Å². The number of aryl methyl sites for hydroxylation is 1. The van der Waals surface area contributed by atoms with Crippen LogP contribution in [0.4, 0.5) is 0 Å². The molecule has 2 aromatic carbocycles. The number of benzene rings is 2. The first kappa shape index (κ1) is 14.7. The first-order valence-corrected chi connectivity index (χ1v) is 8.12. The minimum absolute atomic E-state index is 0.0185. The first-order chi connectivity index (χ1) is 10.6. The summed E-state index contributed by atoms with van der Waals surface area (Å²) in [6, 6.07) is 15.2. The Bertz CT molecular complexity index is 828. The van der Waals surface area contributed by atoms with Crippen molar-refractivity contribution < 1.29 is 9.59 Å². The molecule has 22 heavy (non-hydrogen) atoms. The van der Waals surface area contributed by atoms with Crippen LogP contribution in [-0.2, 0) is 0 Å². The number of carbonyl (C=O) groups excluding carboxylic acids is 2. The van der Waals surface area contributed by atoms with Crippen molar-refractivity contribution in [3.8, 4) is 0 Å². The third-order valence-electron chi connectivity index (χ3n) is 3.73. The molecule has 0 N–H and O–H groups in total. The minimum Gasteiger partial charge on any atom is -0.294 e. The standard InChI is InChI=1S/C19H16O2S/c1-13-2-4-14(5-3-13)17(20)7-8-18(21)15-6-9-19-16(12-15)10-11-22-19/h2-6,9-12H,7-8H2,1H3. The van der Waals surface area contributed by atoms with Gasteiger partial charge in [0.1, 0.15) is 0 Å². The van der Waals surface area contributed by atoms with Gasteiger partial charge in [-0.15, -0.1) is 11.3 Å². The number of hydrogen-bond donors (Lipinski definition) is 0. The Morgan fingerprint density at radius 1 is 0.864 bits per heavy atom. The van der Waals surface area contributed by atoms with Gasteiger partial charge in [-0.25, -0.2) is 0 Å². The van der Waals surface area contributed by atoms with E-state index in [9.17, 15) is 9.59 Å². The normalized spacial score (nSPS) is 10.8. The van der Waals surface area contributed by atoms with Crippen molar-refractivity contribution in [1.29, 1.82) is 0 Å². The maximum absolute atomic E-state index is 12.3. The van der Waals surface area contributed by atoms with E-state index in [-0.39, 0.29) is 24.4 Å². The van der Waals surface area contributed by atoms with Crippen molar-refractivity contribution in [3.05, 3.63) is 70.6 Å². The lowest BCUT2D eigenvalue weighted by atomic mass is 10.0. The Morgan fingerprint density at radius 3 is 2.23 bits per heavy atom. The molecule has 0 bridgehead atoms. The van der Waals surface area contributed by atoms with Crippen molar-refractivity contribution in [1.82, 2.24) is 0 Å². The van der Waals surface area contributed by atoms with Crippen LogP contribution in [-0.4, -0.2) is 11.6 Å². The molecule has 0 radical (unpaired) electrons. The number of Topliss-reactive ketones (excluding diaryl/α,β-unsaturated/α-hetero) is 2. The van der Waals surface area contributed by atoms with Crippen molar-refractivity contribution >= 4 is 33.0 Å². The van der Waals surface area contributed by atoms with Gasteiger partial charge in [-0.3, -0.25) is 9.59 Å². The van der Waals surface area contributed by atoms with E-state index in [1.807, 2.05) is 60.8 Å². The number of hydrogen-bond acceptors (Lipinski definition) is 3. The average Bonchev–Trinajstić information content (AvgIpc) is 3.00. The second-order valence-corrected chi connectivity index (χ2v) is 6.33. The molecule has 0 aliphatic carbocycles. The quantitative estimate of drug-likeness (QED) is 0.618. The SMILES string of the molecule is Cc1ccc(C(=O)CCC(=O)c2ccc3sccc3c2)cc1. The van der Waals surface area contributed by atoms with Gasteiger partial charge < -0.3 is 0 Å². The van der Waals surface area contributed by atoms with Gasteiger partial charge in [-0.1, -0.05) is 29.8 Å². The Balaban J connectivity index is 1.66. The third-order valence-corrected chi connectivity index (χ3v) is 4.62. The topological polar surface area (TPSA) is 34.1 Å². The molecule has 3 heteroatoms. The van der Waals surface area contributed by atoms with E-state index in [4.69, 9.17) is 0 Å². The highest BCUT2D eigenvalue weighted by atomic mass is 32.1. The summed E-state index contributed by atoms with van der Waals surface area (Å²) in [4.78, 5) is 24.4. The lowest BCUT2D eigenvalue weighted by Gasteiger charge is -2.03. The monoisotopic (exact) mass is 308 g/mol. The molecule has 2 nitrogen and oxygen atoms in total. The Morgan fingerprint density at radius 2 is 1.50 bits per heavy atom. The fraction of sp³-hybridized carbons (Fsp3) is 0.158. The average molecular weight is 308 g/mol. The summed E-state index contributed by atoms with van der Waals surface area (Å²) in [6.45, 7) is 1.98. The van der Waals surface area contributed by atoms with Gasteiger partial charge in [0, 0.05) is 28.7 Å². The molecule has 0 amide bonds. The van der Waals surface area contributed by atoms with Crippen LogP contribution in [0.15, 0.2) is 53.9 Å². The van der Waals surface area contributed by atoms with Gasteiger partial charge in [-0.05, 0) is 42.0 Å². The van der Waals surface area contributed by atoms with Crippen LogP contribution in [0.3, 0.4) is 0 Å². The molecular weight excluding hydrogens is 292 g/mol. The highest BCUT2D eigenvalue weighted by Crippen LogP contribution is 2.22. The summed E-state index contributed by atoms with van der Waals surface area (Å²) in [6.07, 6.45) is 0.506. The summed E-state index contributed by atoms with van der Waals surface area (Å²) in [5.74, 6) is 0.0403. The maximum atomic E-state index is 12.3. The lowest BCUT2D eigenvalue weighted by molar-refractivity contribution is 0.0917. The fourth-order valence-electron chi connectivity index (χ4n) is 2.40. The summed E-state index contributed by atoms with van der Waals surface area (Å²) in [5, 5.41) is 3.10. The van der Waals surface area contributed by atoms with Crippen molar-refractivity contribution in [2.24, 2.45) is 0 Å². The second kappa shape index (κ2) is 6.24. The number of ketones is 2. The van der Waals surface area contributed by atoms with Gasteiger partial charge in [0.05, 0.1) is 0 Å². The van der Waals surface area contributed by atoms with Crippen molar-refractivity contribution in [3.63, 3.8) is 0 Å². The predicted molar refractivity (Wildman–Crippen MR) is 90.9 cm³/mol. The molecule has 0 fully saturated rings. The van der Waals surface area contributed by atoms with Crippen molar-refractivity contribution in [2.75, 3.05) is 0 Å². The van der Waals surface area contributed by atoms with Gasteiger partial charge in [0.2, 0.25) is 0 Å². The zero-order valence-corrected chi connectivity index (χ0v) is 13.2. The van der Waals surface area contributed by atoms with Crippen LogP contribution in [0.5, 0.6) is 0 Å². The largest absolute Gasteiger partial charge is 0.294 e. The summed E-state index contributed by atoms with van der Waals surface area (Å²) in [7, 11) is 0. The van der Waals surface area contributed by atoms with E-state index < -0.39 is 0 Å². The molecule has 0 unspecified atom stereocenters. The number of rotatable bonds is 5. The third kappa shape index (κ3) is 3.15. The Kier molecular flexibility index (Phi) is 4.16. The molecule has 0 atom stereocenters. The number of thiophene rings is 1. The van der Waals surface area contributed by atoms with Gasteiger partial charge in [-0.2, -0.15) is 0 Å². The number of carbonyl (C=O) groups is 2. The molecule has 0 aliphatic rings. The van der Waals surface area contributed by atoms with Crippen LogP contribution >= 0.6 is 11.3 Å². The Hall–Kier alpha value is -2.26. The molecule has 3 rings (SSSR count). The molecular formula is C19H16O2S. The zero-order valence-electron chi connectivity index (χ0n) is 12.3. The van der Waals surface area contributed by atoms with Crippen molar-refractivity contribution in [2.45, 2.75) is 19.8 Å². The highest BCUT2D eigenvalue weighted by Gasteiger charge is 2.11. The van der Waals surface area contributed by atoms with E-state index in [2.05, 4.69) is 0 Å². The van der Waals surface area contributed by atoms with E-state index in [0.717, 1.165) is 10.9 Å². The highest BCUT2D eigenvalue weighted by molar-refractivity contribution is 7.17. The Labute approximate surface area is 133 Å². The molecule has 3 aromatic rings. The van der Waals surface area contributed by atoms with Gasteiger partial charge in [0.15, 0.2) is 11.6 Å². The molecule has 110 valence electrons. The van der Waals surface area contributed by atoms with Crippen LogP contribution < -0.4 is 0 Å². The summed E-state index contributed by atoms with van der Waals surface area (Å²) >= 11 is 1.66. The molecule has 0 spiro atoms. The van der Waals surface area contributed by atoms with E-state index in [1.165, 1.54) is 4.70 Å². The van der Waals surface area contributed by atoms with Gasteiger partial charge >= 0.3 is 0 Å². The van der Waals surface area contributed by atoms with Gasteiger partial charge in [0.25, 0.3) is 0 Å². The van der Waals surface area contributed by atoms with Crippen LogP contribution in [0, 0.1) is 6.92 Å². The van der Waals surface area contributed by atoms with E-state index in [1.54, 1.807) is 11.3 Å². The minimum atomic E-state index is 0.0185. The molecule has 1 heterocycles. The maximum Gasteiger partial charge on any atom is 0.163 e. The number of fused-ring (bicyclic) bond motifs is 1. The molecule has 0 saturated carbocycles. The molecule has 0 saturated heterocycles. The predicted octanol–water partition coefficient (Wildman–Crippen LogP) is 5.06. The van der Waals surface area contributed by atoms with E-state index >= 15 is 0 Å². The van der Waals surface area contributed by atoms with E-state index in [0.29, 0.717) is 11.1 Å². The first-order valence-electron chi connectivity index (χ1n) is 7.24. The van der Waals surface area contributed by atoms with Crippen LogP contribution in [0.2, 0.25) is 0 Å². The zero-order chi connectivity index (χ0) is 15.5. The smallest absolute Gasteiger partial charge is 0.163 e. The fourth-order valence-corrected chi connectivity index (χ4v) is 3.17. The molecule has 0 aliphatic heterocycles. The van der Waals surface area contributed by atoms with Crippen LogP contribution in [0.25, 0.3) is 10.1 Å².